The summed E-state index contributed by atoms with van der Waals surface area (Å²) >= 11 is 1.06. The topological polar surface area (TPSA) is 31.4 Å². The van der Waals surface area contributed by atoms with Gasteiger partial charge in [-0.05, 0) is 342 Å². The summed E-state index contributed by atoms with van der Waals surface area (Å²) in [5, 5.41) is 3.84. The number of likely N-dealkylation sites (tertiary alicyclic amines) is 2. The van der Waals surface area contributed by atoms with Crippen molar-refractivity contribution in [2.75, 3.05) is 40.3 Å². The van der Waals surface area contributed by atoms with Crippen LogP contribution >= 0.6 is 11.3 Å². The largest absolute Gasteiger partial charge is 0.434 e. The van der Waals surface area contributed by atoms with Gasteiger partial charge in [-0.3, -0.25) is 0 Å². The molecule has 13 aliphatic rings. The first-order chi connectivity index (χ1) is 45.6. The highest BCUT2D eigenvalue weighted by Gasteiger charge is 2.42. The molecule has 6 bridgehead atoms. The highest BCUT2D eigenvalue weighted by molar-refractivity contribution is 7.11. The van der Waals surface area contributed by atoms with Gasteiger partial charge in [-0.25, -0.2) is 4.98 Å². The molecule has 97 heavy (non-hydrogen) atoms. The lowest BCUT2D eigenvalue weighted by Crippen LogP contribution is -2.33. The number of nitrogens with zero attached hydrogens (tertiary/aromatic N) is 3. The van der Waals surface area contributed by atoms with Crippen LogP contribution in [0.25, 0.3) is 0 Å². The molecule has 8 fully saturated rings. The van der Waals surface area contributed by atoms with Crippen molar-refractivity contribution in [3.63, 3.8) is 0 Å². The number of fused-ring (bicyclic) bond motifs is 6. The Labute approximate surface area is 603 Å². The van der Waals surface area contributed by atoms with Crippen molar-refractivity contribution in [3.05, 3.63) is 98.1 Å². The van der Waals surface area contributed by atoms with E-state index in [2.05, 4.69) is 227 Å². The number of piperidine rings is 2. The summed E-state index contributed by atoms with van der Waals surface area (Å²) in [7, 11) is 4.41. The van der Waals surface area contributed by atoms with E-state index in [9.17, 15) is 13.2 Å². The van der Waals surface area contributed by atoms with Crippen LogP contribution in [0.15, 0.2) is 65.8 Å². The lowest BCUT2D eigenvalue weighted by atomic mass is 9.65. The fourth-order valence-electron chi connectivity index (χ4n) is 17.1. The molecule has 0 spiro atoms. The van der Waals surface area contributed by atoms with E-state index in [0.29, 0.717) is 5.01 Å². The maximum Gasteiger partial charge on any atom is 0.434 e. The second kappa shape index (κ2) is 44.2. The Morgan fingerprint density at radius 2 is 0.990 bits per heavy atom. The van der Waals surface area contributed by atoms with E-state index in [1.165, 1.54) is 185 Å². The van der Waals surface area contributed by atoms with Crippen LogP contribution in [0.2, 0.25) is 0 Å². The van der Waals surface area contributed by atoms with E-state index in [1.807, 2.05) is 0 Å². The number of nitrogens with one attached hydrogen (secondary N) is 1. The van der Waals surface area contributed by atoms with Crippen LogP contribution < -0.4 is 5.32 Å². The SMILES string of the molecule is CC1=CC2CC1CC2C.CC1=CCC(C)CC1.CC1C=CCC(C)CC1.CC1CC2C=CC1CC2C.CC1CC2CC1CC2C.CC1CCC(C)CC1.CC1CCC(C)N1C.CC1CCN(C)CC1.CC1CNCC(C)C1.Cc1ccc(C)c(C)c1.Cc1nc(C(F)(F)F)c(C)s1. The van der Waals surface area contributed by atoms with Crippen LogP contribution in [0.4, 0.5) is 13.2 Å². The van der Waals surface area contributed by atoms with Crippen molar-refractivity contribution in [2.24, 2.45) is 112 Å². The predicted octanol–water partition coefficient (Wildman–Crippen LogP) is 26.2. The molecule has 8 heteroatoms. The summed E-state index contributed by atoms with van der Waals surface area (Å²) in [5.74, 6) is 18.5. The fourth-order valence-corrected chi connectivity index (χ4v) is 17.9. The first kappa shape index (κ1) is 86.9. The fraction of sp³-hybridized carbons (Fsp3) is 0.809. The molecule has 0 amide bonds. The van der Waals surface area contributed by atoms with Crippen LogP contribution in [-0.2, 0) is 6.18 Å². The van der Waals surface area contributed by atoms with Gasteiger partial charge in [-0.1, -0.05) is 187 Å². The van der Waals surface area contributed by atoms with Gasteiger partial charge >= 0.3 is 6.18 Å². The highest BCUT2D eigenvalue weighted by atomic mass is 32.1. The normalized spacial score (nSPS) is 35.2. The molecular weight excluding hydrogens is 1210 g/mol. The summed E-state index contributed by atoms with van der Waals surface area (Å²) in [6, 6.07) is 8.15. The maximum atomic E-state index is 12.0. The van der Waals surface area contributed by atoms with Gasteiger partial charge in [0.25, 0.3) is 0 Å². The zero-order chi connectivity index (χ0) is 72.3. The molecule has 3 aliphatic heterocycles. The molecule has 2 aromatic rings. The van der Waals surface area contributed by atoms with E-state index >= 15 is 0 Å². The van der Waals surface area contributed by atoms with Crippen molar-refractivity contribution in [2.45, 2.75) is 312 Å². The van der Waals surface area contributed by atoms with E-state index < -0.39 is 11.9 Å². The minimum absolute atomic E-state index is 0.231. The molecule has 18 unspecified atom stereocenters. The van der Waals surface area contributed by atoms with Gasteiger partial charge in [0, 0.05) is 17.0 Å². The monoisotopic (exact) mass is 1370 g/mol. The third-order valence-corrected chi connectivity index (χ3v) is 26.2. The average Bonchev–Trinajstić information content (AvgIpc) is 1.80. The molecule has 18 atom stereocenters. The molecule has 4 heterocycles. The highest BCUT2D eigenvalue weighted by Crippen LogP contribution is 2.51. The number of aromatic nitrogens is 1. The molecule has 558 valence electrons. The molecule has 3 saturated heterocycles. The van der Waals surface area contributed by atoms with Gasteiger partial charge in [0.05, 0.1) is 5.01 Å². The summed E-state index contributed by atoms with van der Waals surface area (Å²) < 4.78 is 36.0. The van der Waals surface area contributed by atoms with Crippen molar-refractivity contribution in [3.8, 4) is 0 Å². The Balaban J connectivity index is 0.000000227. The van der Waals surface area contributed by atoms with E-state index in [4.69, 9.17) is 0 Å². The Hall–Kier alpha value is -2.52. The molecule has 10 aliphatic carbocycles. The van der Waals surface area contributed by atoms with Crippen LogP contribution in [0.3, 0.4) is 0 Å². The second-order valence-corrected chi connectivity index (χ2v) is 36.8. The zero-order valence-electron chi connectivity index (χ0n) is 67.6. The third kappa shape index (κ3) is 33.2. The van der Waals surface area contributed by atoms with Crippen LogP contribution in [0.5, 0.6) is 0 Å². The van der Waals surface area contributed by atoms with Crippen LogP contribution in [0, 0.1) is 147 Å². The Bertz CT molecular complexity index is 2480. The number of aryl methyl sites for hydroxylation is 5. The molecule has 1 aromatic heterocycles. The average molecular weight is 1370 g/mol. The van der Waals surface area contributed by atoms with Crippen molar-refractivity contribution in [1.29, 1.82) is 0 Å². The minimum Gasteiger partial charge on any atom is -0.316 e. The summed E-state index contributed by atoms with van der Waals surface area (Å²) in [5.41, 5.74) is 6.61. The maximum absolute atomic E-state index is 12.0. The lowest BCUT2D eigenvalue weighted by molar-refractivity contribution is -0.141. The smallest absolute Gasteiger partial charge is 0.316 e. The van der Waals surface area contributed by atoms with Crippen molar-refractivity contribution >= 4 is 11.3 Å². The molecule has 1 aromatic carbocycles. The van der Waals surface area contributed by atoms with Gasteiger partial charge in [0.15, 0.2) is 5.69 Å². The first-order valence-electron chi connectivity index (χ1n) is 40.4. The molecule has 15 rings (SSSR count). The standard InChI is InChI=1S/C10H16.C9H16.C9H14.C9H12.C9H16.C8H16.C8H14.3C7H15N.C6H6F3NS/c1-7-5-10-4-3-9(7)6-8(10)2;2*1-6-3-9-5-8(6)4-7(9)2;1-7-4-5-8(2)9(3)6-7;1-8-4-3-5-9(2)7-6-8;2*1-7-3-5-8(2)6-4-7;1-6-3-7(2)5-8-4-6;1-6-4-5-7(2)8(6)3;1-7-3-5-8(2)6-4-7;1-3-5(6(7,8)9)10-4(2)11-3/h3-4,7-10H,5-6H2,1-2H3;6-9H,3-5H2,1-2H3;3,7-9H,4-5H2,1-2H3;4-6H,1-3H3;3-4,8-9H,5-7H2,1-2H3;7-8H,3-6H2,1-2H3;3,8H,4-6H2,1-2H3;6-8H,3-5H2,1-2H3;6-7H,4-5H2,1-3H3;7H,3-6H2,1-2H3;1-2H3. The molecular formula is C89H155F3N4S. The summed E-state index contributed by atoms with van der Waals surface area (Å²) in [6.45, 7) is 54.2. The Morgan fingerprint density at radius 1 is 0.485 bits per heavy atom. The van der Waals surface area contributed by atoms with Crippen molar-refractivity contribution < 1.29 is 13.2 Å². The van der Waals surface area contributed by atoms with E-state index in [-0.39, 0.29) is 4.88 Å². The van der Waals surface area contributed by atoms with E-state index in [0.717, 1.165) is 136 Å². The minimum atomic E-state index is -4.30. The number of allylic oxidation sites excluding steroid dienone is 8. The zero-order valence-corrected chi connectivity index (χ0v) is 68.4. The molecule has 5 saturated carbocycles. The number of halogens is 3. The Morgan fingerprint density at radius 3 is 1.31 bits per heavy atom. The quantitative estimate of drug-likeness (QED) is 0.266. The van der Waals surface area contributed by atoms with E-state index in [1.54, 1.807) is 24.5 Å². The first-order valence-corrected chi connectivity index (χ1v) is 41.2. The molecule has 0 radical (unpaired) electrons. The number of hydrogen-bond donors (Lipinski definition) is 1. The molecule has 1 N–H and O–H groups in total. The van der Waals surface area contributed by atoms with Gasteiger partial charge in [-0.2, -0.15) is 13.2 Å². The summed E-state index contributed by atoms with van der Waals surface area (Å²) in [4.78, 5) is 8.45. The van der Waals surface area contributed by atoms with Gasteiger partial charge in [0.2, 0.25) is 0 Å². The van der Waals surface area contributed by atoms with Crippen LogP contribution in [0.1, 0.15) is 291 Å². The van der Waals surface area contributed by atoms with Gasteiger partial charge in [-0.15, -0.1) is 11.3 Å². The summed E-state index contributed by atoms with van der Waals surface area (Å²) in [6.07, 6.45) is 41.6. The predicted molar refractivity (Wildman–Crippen MR) is 422 cm³/mol. The number of benzene rings is 1. The number of thiazole rings is 1. The second-order valence-electron chi connectivity index (χ2n) is 35.4. The third-order valence-electron chi connectivity index (χ3n) is 25.3. The number of alkyl halides is 3. The molecule has 4 nitrogen and oxygen atoms in total. The van der Waals surface area contributed by atoms with Crippen LogP contribution in [-0.4, -0.2) is 67.1 Å². The Kier molecular flexibility index (Phi) is 39.6. The number of rotatable bonds is 0. The van der Waals surface area contributed by atoms with Gasteiger partial charge < -0.3 is 15.1 Å². The lowest BCUT2D eigenvalue weighted by Gasteiger charge is -2.40. The number of hydrogen-bond acceptors (Lipinski definition) is 5. The van der Waals surface area contributed by atoms with Gasteiger partial charge in [0.1, 0.15) is 0 Å². The van der Waals surface area contributed by atoms with Crippen molar-refractivity contribution in [1.82, 2.24) is 20.1 Å².